The van der Waals surface area contributed by atoms with Crippen molar-refractivity contribution in [1.82, 2.24) is 28.6 Å². The van der Waals surface area contributed by atoms with Gasteiger partial charge in [0.2, 0.25) is 5.95 Å². The van der Waals surface area contributed by atoms with Crippen molar-refractivity contribution in [3.05, 3.63) is 71.9 Å². The van der Waals surface area contributed by atoms with E-state index in [9.17, 15) is 9.59 Å². The second-order valence-electron chi connectivity index (χ2n) is 9.10. The van der Waals surface area contributed by atoms with Crippen LogP contribution in [0.15, 0.2) is 54.8 Å². The molecule has 0 saturated carbocycles. The Hall–Kier alpha value is -4.12. The van der Waals surface area contributed by atoms with Gasteiger partial charge in [0, 0.05) is 113 Å². The highest BCUT2D eigenvalue weighted by molar-refractivity contribution is 5.89. The maximum absolute atomic E-state index is 9.55. The number of aliphatic carboxylic acids is 2. The van der Waals surface area contributed by atoms with Crippen LogP contribution in [0.2, 0.25) is 0 Å². The Morgan fingerprint density at radius 1 is 0.946 bits per heavy atom. The van der Waals surface area contributed by atoms with Gasteiger partial charge in [-0.15, -0.1) is 0 Å². The van der Waals surface area contributed by atoms with Gasteiger partial charge in [-0.25, -0.2) is 19.6 Å². The summed E-state index contributed by atoms with van der Waals surface area (Å²) in [5, 5.41) is 19.1. The van der Waals surface area contributed by atoms with Crippen LogP contribution >= 0.6 is 0 Å². The molecule has 0 aliphatic carbocycles. The number of carboxylic acid groups (broad SMARTS) is 2. The summed E-state index contributed by atoms with van der Waals surface area (Å²) in [5.41, 5.74) is 5.76. The lowest BCUT2D eigenvalue weighted by atomic mass is 9.92. The van der Waals surface area contributed by atoms with Crippen molar-refractivity contribution in [3.8, 4) is 0 Å². The summed E-state index contributed by atoms with van der Waals surface area (Å²) in [6.07, 6.45) is 14.5. The third kappa shape index (κ3) is 6.36. The monoisotopic (exact) mass is 507 g/mol. The van der Waals surface area contributed by atoms with E-state index in [4.69, 9.17) is 15.2 Å². The van der Waals surface area contributed by atoms with Crippen LogP contribution in [0.25, 0.3) is 5.57 Å². The topological polar surface area (TPSA) is 130 Å². The molecule has 1 fully saturated rings. The molecule has 2 aliphatic heterocycles. The molecular weight excluding hydrogens is 474 g/mol. The number of aryl methyl sites for hydroxylation is 3. The van der Waals surface area contributed by atoms with Gasteiger partial charge in [0.15, 0.2) is 0 Å². The SMILES string of the molecule is Cn1ccnc1NCCN1CCC(=C2c3ccn(C)c3CCn3ccnc32)CC1.O=C(O)/C=C/C(=O)O. The quantitative estimate of drug-likeness (QED) is 0.433. The molecule has 0 atom stereocenters. The second kappa shape index (κ2) is 11.7. The van der Waals surface area contributed by atoms with Crippen LogP contribution in [0.4, 0.5) is 5.95 Å². The third-order valence-corrected chi connectivity index (χ3v) is 6.71. The van der Waals surface area contributed by atoms with Gasteiger partial charge >= 0.3 is 11.9 Å². The molecule has 0 aromatic carbocycles. The molecule has 196 valence electrons. The standard InChI is InChI=1S/C22H29N7.C4H4O4/c1-26-10-5-18-19(26)6-13-29-16-9-23-21(29)20(18)17-3-11-28(12-4-17)15-8-25-22-24-7-14-27(22)2;5-3(6)1-2-4(7)8/h5,7,9-10,14,16H,3-4,6,8,11-13,15H2,1-2H3,(H,24,25);1-2H,(H,5,6)(H,7,8)/b;2-1+. The number of piperidine rings is 1. The van der Waals surface area contributed by atoms with E-state index in [1.165, 1.54) is 16.8 Å². The van der Waals surface area contributed by atoms with Gasteiger partial charge in [0.25, 0.3) is 0 Å². The predicted octanol–water partition coefficient (Wildman–Crippen LogP) is 2.23. The largest absolute Gasteiger partial charge is 0.478 e. The Morgan fingerprint density at radius 3 is 2.30 bits per heavy atom. The molecule has 1 saturated heterocycles. The number of nitrogens with zero attached hydrogens (tertiary/aromatic N) is 6. The van der Waals surface area contributed by atoms with Gasteiger partial charge < -0.3 is 34.1 Å². The molecule has 5 heterocycles. The van der Waals surface area contributed by atoms with Crippen molar-refractivity contribution in [1.29, 1.82) is 0 Å². The van der Waals surface area contributed by atoms with Crippen molar-refractivity contribution in [3.63, 3.8) is 0 Å². The Morgan fingerprint density at radius 2 is 1.65 bits per heavy atom. The molecule has 0 bridgehead atoms. The number of nitrogens with one attached hydrogen (secondary N) is 1. The van der Waals surface area contributed by atoms with Crippen molar-refractivity contribution in [2.24, 2.45) is 14.1 Å². The van der Waals surface area contributed by atoms with Crippen molar-refractivity contribution >= 4 is 23.5 Å². The Kier molecular flexibility index (Phi) is 8.24. The third-order valence-electron chi connectivity index (χ3n) is 6.71. The van der Waals surface area contributed by atoms with Gasteiger partial charge in [-0.05, 0) is 18.9 Å². The highest BCUT2D eigenvalue weighted by Crippen LogP contribution is 2.36. The van der Waals surface area contributed by atoms with E-state index < -0.39 is 11.9 Å². The van der Waals surface area contributed by atoms with E-state index in [1.807, 2.05) is 30.2 Å². The molecule has 3 N–H and O–H groups in total. The first-order valence-corrected chi connectivity index (χ1v) is 12.3. The number of likely N-dealkylation sites (tertiary alicyclic amines) is 1. The molecule has 0 spiro atoms. The normalized spacial score (nSPS) is 15.5. The first-order chi connectivity index (χ1) is 17.8. The molecule has 11 heteroatoms. The fraction of sp³-hybridized carbons (Fsp3) is 0.385. The average Bonchev–Trinajstić information content (AvgIpc) is 3.57. The zero-order chi connectivity index (χ0) is 26.4. The fourth-order valence-corrected chi connectivity index (χ4v) is 4.82. The summed E-state index contributed by atoms with van der Waals surface area (Å²) in [6.45, 7) is 5.17. The number of anilines is 1. The maximum Gasteiger partial charge on any atom is 0.328 e. The fourth-order valence-electron chi connectivity index (χ4n) is 4.82. The molecule has 0 radical (unpaired) electrons. The molecule has 11 nitrogen and oxygen atoms in total. The molecular formula is C26H33N7O4. The molecule has 0 amide bonds. The molecule has 3 aromatic rings. The van der Waals surface area contributed by atoms with Crippen LogP contribution in [0, 0.1) is 0 Å². The minimum atomic E-state index is -1.26. The molecule has 0 unspecified atom stereocenters. The van der Waals surface area contributed by atoms with Crippen LogP contribution in [-0.2, 0) is 36.6 Å². The Labute approximate surface area is 215 Å². The molecule has 2 aliphatic rings. The Balaban J connectivity index is 0.000000349. The van der Waals surface area contributed by atoms with Gasteiger partial charge in [-0.2, -0.15) is 0 Å². The lowest BCUT2D eigenvalue weighted by Crippen LogP contribution is -2.35. The van der Waals surface area contributed by atoms with Crippen LogP contribution in [0.5, 0.6) is 0 Å². The van der Waals surface area contributed by atoms with Gasteiger partial charge in [0.05, 0.1) is 0 Å². The van der Waals surface area contributed by atoms with Crippen molar-refractivity contribution < 1.29 is 19.8 Å². The number of rotatable bonds is 6. The molecule has 37 heavy (non-hydrogen) atoms. The molecule has 3 aromatic heterocycles. The highest BCUT2D eigenvalue weighted by atomic mass is 16.4. The van der Waals surface area contributed by atoms with E-state index >= 15 is 0 Å². The van der Waals surface area contributed by atoms with Gasteiger partial charge in [0.1, 0.15) is 5.82 Å². The van der Waals surface area contributed by atoms with Crippen molar-refractivity contribution in [2.75, 3.05) is 31.5 Å². The summed E-state index contributed by atoms with van der Waals surface area (Å²) >= 11 is 0. The van der Waals surface area contributed by atoms with E-state index in [0.717, 1.165) is 63.8 Å². The number of carboxylic acids is 2. The first kappa shape index (κ1) is 26.0. The highest BCUT2D eigenvalue weighted by Gasteiger charge is 2.26. The lowest BCUT2D eigenvalue weighted by Gasteiger charge is -2.30. The smallest absolute Gasteiger partial charge is 0.328 e. The lowest BCUT2D eigenvalue weighted by molar-refractivity contribution is -0.134. The van der Waals surface area contributed by atoms with Crippen LogP contribution in [0.3, 0.4) is 0 Å². The van der Waals surface area contributed by atoms with Gasteiger partial charge in [-0.1, -0.05) is 5.57 Å². The second-order valence-corrected chi connectivity index (χ2v) is 9.10. The van der Waals surface area contributed by atoms with E-state index in [0.29, 0.717) is 12.2 Å². The zero-order valence-electron chi connectivity index (χ0n) is 21.2. The summed E-state index contributed by atoms with van der Waals surface area (Å²) in [7, 11) is 4.18. The number of imidazole rings is 2. The maximum atomic E-state index is 9.55. The summed E-state index contributed by atoms with van der Waals surface area (Å²) in [4.78, 5) is 30.7. The van der Waals surface area contributed by atoms with Crippen LogP contribution < -0.4 is 5.32 Å². The van der Waals surface area contributed by atoms with Crippen LogP contribution in [0.1, 0.15) is 29.9 Å². The van der Waals surface area contributed by atoms with E-state index in [2.05, 4.69) is 49.8 Å². The minimum absolute atomic E-state index is 0.558. The summed E-state index contributed by atoms with van der Waals surface area (Å²) < 4.78 is 6.62. The minimum Gasteiger partial charge on any atom is -0.478 e. The number of hydrogen-bond donors (Lipinski definition) is 3. The number of fused-ring (bicyclic) bond motifs is 2. The summed E-state index contributed by atoms with van der Waals surface area (Å²) in [5.74, 6) is -0.429. The zero-order valence-corrected chi connectivity index (χ0v) is 21.2. The van der Waals surface area contributed by atoms with Crippen molar-refractivity contribution in [2.45, 2.75) is 25.8 Å². The number of aromatic nitrogens is 5. The number of hydrogen-bond acceptors (Lipinski definition) is 6. The van der Waals surface area contributed by atoms with Crippen LogP contribution in [-0.4, -0.2) is 76.9 Å². The summed E-state index contributed by atoms with van der Waals surface area (Å²) in [6, 6.07) is 2.28. The Bertz CT molecular complexity index is 1290. The van der Waals surface area contributed by atoms with E-state index in [-0.39, 0.29) is 0 Å². The first-order valence-electron chi connectivity index (χ1n) is 12.3. The molecule has 5 rings (SSSR count). The number of carbonyl (C=O) groups is 2. The average molecular weight is 508 g/mol. The van der Waals surface area contributed by atoms with Gasteiger partial charge in [-0.3, -0.25) is 0 Å². The predicted molar refractivity (Wildman–Crippen MR) is 139 cm³/mol. The van der Waals surface area contributed by atoms with E-state index in [1.54, 1.807) is 5.57 Å².